The minimum Gasteiger partial charge on any atom is -0.488 e. The Bertz CT molecular complexity index is 441. The molecule has 0 saturated carbocycles. The van der Waals surface area contributed by atoms with E-state index in [2.05, 4.69) is 20.7 Å². The van der Waals surface area contributed by atoms with Gasteiger partial charge in [-0.2, -0.15) is 0 Å². The van der Waals surface area contributed by atoms with Gasteiger partial charge in [-0.25, -0.2) is 4.39 Å². The predicted molar refractivity (Wildman–Crippen MR) is 57.1 cm³/mol. The normalized spacial score (nSPS) is 10.1. The maximum Gasteiger partial charge on any atom is 0.492 e. The van der Waals surface area contributed by atoms with Crippen LogP contribution in [0.15, 0.2) is 10.5 Å². The molecule has 0 amide bonds. The number of halogens is 2. The summed E-state index contributed by atoms with van der Waals surface area (Å²) in [5, 5.41) is 28.4. The maximum atomic E-state index is 13.6. The summed E-state index contributed by atoms with van der Waals surface area (Å²) in [6, 6.07) is 0.941. The molecule has 0 aliphatic rings. The highest BCUT2D eigenvalue weighted by Gasteiger charge is 2.30. The van der Waals surface area contributed by atoms with Crippen LogP contribution in [0, 0.1) is 15.9 Å². The maximum absolute atomic E-state index is 13.6. The number of benzene rings is 1. The van der Waals surface area contributed by atoms with Crippen molar-refractivity contribution in [2.45, 2.75) is 0 Å². The molecule has 0 radical (unpaired) electrons. The summed E-state index contributed by atoms with van der Waals surface area (Å²) in [6.45, 7) is 0. The molecule has 0 aliphatic heterocycles. The lowest BCUT2D eigenvalue weighted by Gasteiger charge is -2.09. The highest BCUT2D eigenvalue weighted by atomic mass is 79.9. The first-order valence-corrected chi connectivity index (χ1v) is 4.75. The van der Waals surface area contributed by atoms with Gasteiger partial charge in [0.15, 0.2) is 5.82 Å². The smallest absolute Gasteiger partial charge is 0.488 e. The lowest BCUT2D eigenvalue weighted by Crippen LogP contribution is -2.34. The fourth-order valence-electron chi connectivity index (χ4n) is 1.17. The summed E-state index contributed by atoms with van der Waals surface area (Å²) in [5.74, 6) is -1.82. The first kappa shape index (κ1) is 12.9. The zero-order valence-corrected chi connectivity index (χ0v) is 9.56. The molecule has 6 nitrogen and oxygen atoms in total. The van der Waals surface area contributed by atoms with E-state index < -0.39 is 34.8 Å². The third kappa shape index (κ3) is 2.15. The van der Waals surface area contributed by atoms with Crippen molar-refractivity contribution in [2.24, 2.45) is 0 Å². The van der Waals surface area contributed by atoms with Gasteiger partial charge in [0.2, 0.25) is 5.75 Å². The Morgan fingerprint density at radius 3 is 2.56 bits per heavy atom. The Morgan fingerprint density at radius 2 is 2.19 bits per heavy atom. The third-order valence-corrected chi connectivity index (χ3v) is 2.50. The van der Waals surface area contributed by atoms with Crippen LogP contribution >= 0.6 is 15.9 Å². The highest BCUT2D eigenvalue weighted by molar-refractivity contribution is 9.10. The molecule has 0 fully saturated rings. The van der Waals surface area contributed by atoms with Crippen molar-refractivity contribution in [1.82, 2.24) is 0 Å². The zero-order valence-electron chi connectivity index (χ0n) is 7.98. The first-order chi connectivity index (χ1) is 7.40. The topological polar surface area (TPSA) is 92.8 Å². The van der Waals surface area contributed by atoms with Gasteiger partial charge >= 0.3 is 12.8 Å². The van der Waals surface area contributed by atoms with E-state index in [1.54, 1.807) is 0 Å². The Labute approximate surface area is 98.1 Å². The third-order valence-electron chi connectivity index (χ3n) is 1.85. The van der Waals surface area contributed by atoms with E-state index in [1.165, 1.54) is 0 Å². The van der Waals surface area contributed by atoms with Crippen LogP contribution in [0.3, 0.4) is 0 Å². The summed E-state index contributed by atoms with van der Waals surface area (Å²) < 4.78 is 18.0. The summed E-state index contributed by atoms with van der Waals surface area (Å²) in [7, 11) is -1.04. The number of hydrogen-bond acceptors (Lipinski definition) is 5. The van der Waals surface area contributed by atoms with E-state index in [4.69, 9.17) is 10.0 Å². The van der Waals surface area contributed by atoms with Crippen LogP contribution in [0.2, 0.25) is 0 Å². The van der Waals surface area contributed by atoms with Crippen molar-refractivity contribution in [3.05, 3.63) is 26.5 Å². The monoisotopic (exact) mass is 293 g/mol. The predicted octanol–water partition coefficient (Wildman–Crippen LogP) is 0.185. The molecule has 0 saturated heterocycles. The van der Waals surface area contributed by atoms with Crippen molar-refractivity contribution < 1.29 is 24.1 Å². The molecule has 0 bridgehead atoms. The number of nitro benzene ring substituents is 1. The van der Waals surface area contributed by atoms with Crippen LogP contribution in [-0.2, 0) is 0 Å². The van der Waals surface area contributed by atoms with Crippen molar-refractivity contribution in [3.8, 4) is 5.75 Å². The summed E-state index contributed by atoms with van der Waals surface area (Å²) in [5.41, 5.74) is -1.11. The molecule has 0 unspecified atom stereocenters. The molecule has 0 spiro atoms. The van der Waals surface area contributed by atoms with Gasteiger partial charge in [-0.15, -0.1) is 0 Å². The van der Waals surface area contributed by atoms with Crippen LogP contribution in [0.4, 0.5) is 10.1 Å². The molecule has 0 heterocycles. The van der Waals surface area contributed by atoms with E-state index in [1.807, 2.05) is 0 Å². The lowest BCUT2D eigenvalue weighted by atomic mass is 9.79. The number of ether oxygens (including phenoxy) is 1. The van der Waals surface area contributed by atoms with Crippen molar-refractivity contribution >= 4 is 34.2 Å². The summed E-state index contributed by atoms with van der Waals surface area (Å²) in [6.07, 6.45) is 0. The summed E-state index contributed by atoms with van der Waals surface area (Å²) >= 11 is 2.81. The number of methoxy groups -OCH3 is 1. The van der Waals surface area contributed by atoms with E-state index in [9.17, 15) is 14.5 Å². The number of nitrogens with zero attached hydrogens (tertiary/aromatic N) is 1. The van der Waals surface area contributed by atoms with Crippen molar-refractivity contribution in [1.29, 1.82) is 0 Å². The second-order valence-corrected chi connectivity index (χ2v) is 3.62. The van der Waals surface area contributed by atoms with Crippen LogP contribution in [0.5, 0.6) is 5.75 Å². The molecule has 86 valence electrons. The lowest BCUT2D eigenvalue weighted by molar-refractivity contribution is -0.386. The number of rotatable bonds is 3. The second kappa shape index (κ2) is 4.77. The molecule has 1 aromatic rings. The zero-order chi connectivity index (χ0) is 12.5. The second-order valence-electron chi connectivity index (χ2n) is 2.77. The van der Waals surface area contributed by atoms with Crippen LogP contribution in [0.25, 0.3) is 0 Å². The molecule has 2 N–H and O–H groups in total. The van der Waals surface area contributed by atoms with Gasteiger partial charge in [0, 0.05) is 16.0 Å². The van der Waals surface area contributed by atoms with Crippen LogP contribution in [0.1, 0.15) is 0 Å². The fourth-order valence-corrected chi connectivity index (χ4v) is 1.77. The molecule has 0 aromatic heterocycles. The van der Waals surface area contributed by atoms with Gasteiger partial charge in [-0.1, -0.05) is 15.9 Å². The minimum absolute atomic E-state index is 0.118. The largest absolute Gasteiger partial charge is 0.492 e. The molecular weight excluding hydrogens is 288 g/mol. The van der Waals surface area contributed by atoms with Gasteiger partial charge < -0.3 is 14.8 Å². The number of nitro groups is 1. The Hall–Kier alpha value is -1.19. The standard InChI is InChI=1S/C7H6BBrFNO5/c1-16-7-4(11(14)15)2-3(9)5(6(7)10)8(12)13/h2,12-13H,1H3. The Morgan fingerprint density at radius 1 is 1.62 bits per heavy atom. The molecular formula is C7H6BBrFNO5. The number of hydrogen-bond donors (Lipinski definition) is 2. The quantitative estimate of drug-likeness (QED) is 0.471. The summed E-state index contributed by atoms with van der Waals surface area (Å²) in [4.78, 5) is 9.75. The van der Waals surface area contributed by atoms with E-state index in [-0.39, 0.29) is 4.47 Å². The Kier molecular flexibility index (Phi) is 3.84. The van der Waals surface area contributed by atoms with Gasteiger partial charge in [0.05, 0.1) is 12.0 Å². The van der Waals surface area contributed by atoms with Crippen LogP contribution < -0.4 is 10.2 Å². The average Bonchev–Trinajstić information content (AvgIpc) is 2.16. The van der Waals surface area contributed by atoms with Crippen LogP contribution in [-0.4, -0.2) is 29.2 Å². The fraction of sp³-hybridized carbons (Fsp3) is 0.143. The molecule has 9 heteroatoms. The SMILES string of the molecule is COc1c([N+](=O)[O-])cc(Br)c(B(O)O)c1F. The van der Waals surface area contributed by atoms with E-state index >= 15 is 0 Å². The van der Waals surface area contributed by atoms with Gasteiger partial charge in [0.1, 0.15) is 0 Å². The molecule has 0 aliphatic carbocycles. The molecule has 1 aromatic carbocycles. The average molecular weight is 294 g/mol. The van der Waals surface area contributed by atoms with E-state index in [0.717, 1.165) is 13.2 Å². The molecule has 16 heavy (non-hydrogen) atoms. The minimum atomic E-state index is -2.09. The van der Waals surface area contributed by atoms with Gasteiger partial charge in [-0.3, -0.25) is 10.1 Å². The van der Waals surface area contributed by atoms with Crippen molar-refractivity contribution in [3.63, 3.8) is 0 Å². The molecule has 0 atom stereocenters. The highest BCUT2D eigenvalue weighted by Crippen LogP contribution is 2.31. The van der Waals surface area contributed by atoms with Gasteiger partial charge in [0.25, 0.3) is 0 Å². The molecule has 1 rings (SSSR count). The van der Waals surface area contributed by atoms with Gasteiger partial charge in [-0.05, 0) is 0 Å². The van der Waals surface area contributed by atoms with Crippen molar-refractivity contribution in [2.75, 3.05) is 7.11 Å². The first-order valence-electron chi connectivity index (χ1n) is 3.96. The Balaban J connectivity index is 3.56. The van der Waals surface area contributed by atoms with E-state index in [0.29, 0.717) is 0 Å².